The van der Waals surface area contributed by atoms with Crippen molar-refractivity contribution in [3.05, 3.63) is 76.2 Å². The number of aryl methyl sites for hydroxylation is 1. The van der Waals surface area contributed by atoms with Crippen LogP contribution in [-0.4, -0.2) is 23.6 Å². The number of rotatable bonds is 5. The van der Waals surface area contributed by atoms with Gasteiger partial charge in [-0.25, -0.2) is 8.42 Å². The Morgan fingerprint density at radius 2 is 1.88 bits per heavy atom. The zero-order valence-electron chi connectivity index (χ0n) is 14.4. The third kappa shape index (κ3) is 4.71. The van der Waals surface area contributed by atoms with E-state index in [4.69, 9.17) is 12.2 Å². The molecule has 0 bridgehead atoms. The first-order valence-electron chi connectivity index (χ1n) is 7.99. The van der Waals surface area contributed by atoms with E-state index >= 15 is 0 Å². The molecule has 7 heteroatoms. The molecule has 0 saturated heterocycles. The summed E-state index contributed by atoms with van der Waals surface area (Å²) in [5.74, 6) is 0.823. The van der Waals surface area contributed by atoms with Crippen LogP contribution < -0.4 is 5.32 Å². The fourth-order valence-corrected chi connectivity index (χ4v) is 7.20. The fraction of sp³-hybridized carbons (Fsp3) is 0.211. The van der Waals surface area contributed by atoms with Crippen LogP contribution in [0.2, 0.25) is 0 Å². The van der Waals surface area contributed by atoms with Crippen molar-refractivity contribution >= 4 is 55.5 Å². The summed E-state index contributed by atoms with van der Waals surface area (Å²) in [6.07, 6.45) is 1.21. The van der Waals surface area contributed by atoms with Gasteiger partial charge in [-0.05, 0) is 24.1 Å². The van der Waals surface area contributed by atoms with E-state index in [1.165, 1.54) is 23.6 Å². The number of hydrogen-bond acceptors (Lipinski definition) is 6. The highest BCUT2D eigenvalue weighted by Gasteiger charge is 2.31. The maximum absolute atomic E-state index is 12.3. The van der Waals surface area contributed by atoms with Gasteiger partial charge < -0.3 is 5.32 Å². The minimum absolute atomic E-state index is 0.0382. The molecular formula is C19H19NO2S4. The summed E-state index contributed by atoms with van der Waals surface area (Å²) in [5, 5.41) is 3.39. The van der Waals surface area contributed by atoms with Crippen LogP contribution in [0.1, 0.15) is 16.7 Å². The van der Waals surface area contributed by atoms with Gasteiger partial charge in [-0.3, -0.25) is 0 Å². The third-order valence-corrected chi connectivity index (χ3v) is 8.08. The largest absolute Gasteiger partial charge is 0.363 e. The molecule has 0 fully saturated rings. The zero-order chi connectivity index (χ0) is 18.7. The molecule has 26 heavy (non-hydrogen) atoms. The number of hydrogen-bond donors (Lipinski definition) is 1. The lowest BCUT2D eigenvalue weighted by Crippen LogP contribution is -2.32. The van der Waals surface area contributed by atoms with E-state index in [2.05, 4.69) is 17.4 Å². The van der Waals surface area contributed by atoms with Crippen LogP contribution in [0.25, 0.3) is 5.70 Å². The van der Waals surface area contributed by atoms with Gasteiger partial charge in [-0.1, -0.05) is 78.1 Å². The van der Waals surface area contributed by atoms with E-state index in [-0.39, 0.29) is 9.61 Å². The molecule has 1 heterocycles. The van der Waals surface area contributed by atoms with E-state index in [0.717, 1.165) is 16.9 Å². The molecular weight excluding hydrogens is 402 g/mol. The third-order valence-electron chi connectivity index (χ3n) is 3.81. The number of thioether (sulfide) groups is 2. The van der Waals surface area contributed by atoms with Crippen molar-refractivity contribution in [3.8, 4) is 0 Å². The number of thiocarbonyl (C=S) groups is 1. The summed E-state index contributed by atoms with van der Waals surface area (Å²) < 4.78 is 25.1. The second kappa shape index (κ2) is 8.17. The molecule has 0 aliphatic carbocycles. The van der Waals surface area contributed by atoms with Crippen LogP contribution in [0.3, 0.4) is 0 Å². The average molecular weight is 422 g/mol. The van der Waals surface area contributed by atoms with Crippen LogP contribution in [-0.2, 0) is 15.6 Å². The molecule has 3 rings (SSSR count). The van der Waals surface area contributed by atoms with Crippen LogP contribution in [0.5, 0.6) is 0 Å². The molecule has 2 aromatic rings. The molecule has 0 amide bonds. The van der Waals surface area contributed by atoms with Crippen molar-refractivity contribution in [2.24, 2.45) is 0 Å². The second-order valence-corrected chi connectivity index (χ2v) is 11.2. The van der Waals surface area contributed by atoms with E-state index < -0.39 is 9.84 Å². The molecule has 1 unspecified atom stereocenters. The summed E-state index contributed by atoms with van der Waals surface area (Å²) in [4.78, 5) is 0.222. The van der Waals surface area contributed by atoms with Crippen molar-refractivity contribution < 1.29 is 8.42 Å². The minimum Gasteiger partial charge on any atom is -0.363 e. The lowest BCUT2D eigenvalue weighted by molar-refractivity contribution is 0.609. The smallest absolute Gasteiger partial charge is 0.179 e. The Morgan fingerprint density at radius 1 is 1.15 bits per heavy atom. The lowest BCUT2D eigenvalue weighted by atomic mass is 10.1. The molecule has 1 aliphatic heterocycles. The van der Waals surface area contributed by atoms with Gasteiger partial charge in [0.1, 0.15) is 9.61 Å². The summed E-state index contributed by atoms with van der Waals surface area (Å²) >= 11 is 8.56. The number of nitrogens with one attached hydrogen (secondary N) is 1. The van der Waals surface area contributed by atoms with E-state index in [9.17, 15) is 8.42 Å². The molecule has 0 spiro atoms. The van der Waals surface area contributed by atoms with Crippen LogP contribution in [0.15, 0.2) is 59.5 Å². The first kappa shape index (κ1) is 19.5. The van der Waals surface area contributed by atoms with Gasteiger partial charge in [-0.15, -0.1) is 11.8 Å². The van der Waals surface area contributed by atoms with Gasteiger partial charge in [0.15, 0.2) is 9.84 Å². The van der Waals surface area contributed by atoms with Crippen molar-refractivity contribution in [1.29, 1.82) is 0 Å². The first-order valence-corrected chi connectivity index (χ1v) is 12.2. The van der Waals surface area contributed by atoms with Gasteiger partial charge in [0.25, 0.3) is 0 Å². The molecule has 3 nitrogen and oxygen atoms in total. The Bertz CT molecular complexity index is 953. The quantitative estimate of drug-likeness (QED) is 0.713. The van der Waals surface area contributed by atoms with Crippen LogP contribution in [0.4, 0.5) is 0 Å². The van der Waals surface area contributed by atoms with E-state index in [0.29, 0.717) is 9.89 Å². The highest BCUT2D eigenvalue weighted by molar-refractivity contribution is 8.32. The minimum atomic E-state index is -3.43. The Balaban J connectivity index is 1.91. The molecule has 1 atom stereocenters. The lowest BCUT2D eigenvalue weighted by Gasteiger charge is -2.29. The second-order valence-electron chi connectivity index (χ2n) is 6.02. The highest BCUT2D eigenvalue weighted by Crippen LogP contribution is 2.38. The maximum atomic E-state index is 12.3. The topological polar surface area (TPSA) is 46.2 Å². The molecule has 0 aromatic heterocycles. The summed E-state index contributed by atoms with van der Waals surface area (Å²) in [6, 6.07) is 18.0. The van der Waals surface area contributed by atoms with Gasteiger partial charge in [-0.2, -0.15) is 0 Å². The van der Waals surface area contributed by atoms with Crippen molar-refractivity contribution in [2.45, 2.75) is 17.4 Å². The van der Waals surface area contributed by atoms with Crippen molar-refractivity contribution in [1.82, 2.24) is 5.32 Å². The Morgan fingerprint density at radius 3 is 2.54 bits per heavy atom. The van der Waals surface area contributed by atoms with Crippen LogP contribution in [0, 0.1) is 6.92 Å². The van der Waals surface area contributed by atoms with Gasteiger partial charge in [0.2, 0.25) is 0 Å². The summed E-state index contributed by atoms with van der Waals surface area (Å²) in [6.45, 7) is 1.99. The zero-order valence-corrected chi connectivity index (χ0v) is 17.7. The molecule has 1 aliphatic rings. The normalized spacial score (nSPS) is 17.9. The predicted octanol–water partition coefficient (Wildman–Crippen LogP) is 4.59. The highest BCUT2D eigenvalue weighted by atomic mass is 32.2. The Kier molecular flexibility index (Phi) is 6.12. The molecule has 2 aromatic carbocycles. The van der Waals surface area contributed by atoms with Crippen molar-refractivity contribution in [3.63, 3.8) is 0 Å². The summed E-state index contributed by atoms with van der Waals surface area (Å²) in [7, 11) is -3.43. The Labute approximate surface area is 168 Å². The maximum Gasteiger partial charge on any atom is 0.179 e. The SMILES string of the molecule is Cc1cccc(C2=C(S(C)(=O)=O)C(=S)SC(SCc3ccccc3)N2)c1. The molecule has 136 valence electrons. The average Bonchev–Trinajstić information content (AvgIpc) is 2.59. The van der Waals surface area contributed by atoms with Gasteiger partial charge in [0, 0.05) is 12.0 Å². The molecule has 0 saturated carbocycles. The summed E-state index contributed by atoms with van der Waals surface area (Å²) in [5.41, 5.74) is 3.74. The van der Waals surface area contributed by atoms with Gasteiger partial charge >= 0.3 is 0 Å². The molecule has 0 radical (unpaired) electrons. The van der Waals surface area contributed by atoms with E-state index in [1.54, 1.807) is 11.8 Å². The van der Waals surface area contributed by atoms with E-state index in [1.807, 2.05) is 49.4 Å². The standard InChI is InChI=1S/C19H19NO2S4/c1-13-7-6-10-15(11-13)16-17(26(2,21)22)18(23)25-19(20-16)24-12-14-8-4-3-5-9-14/h3-11,19-20H,12H2,1-2H3. The van der Waals surface area contributed by atoms with Crippen molar-refractivity contribution in [2.75, 3.05) is 6.26 Å². The molecule has 1 N–H and O–H groups in total. The first-order chi connectivity index (χ1) is 12.3. The van der Waals surface area contributed by atoms with Crippen LogP contribution >= 0.6 is 35.7 Å². The fourth-order valence-electron chi connectivity index (χ4n) is 2.64. The predicted molar refractivity (Wildman–Crippen MR) is 118 cm³/mol. The monoisotopic (exact) mass is 421 g/mol. The Hall–Kier alpha value is -1.28. The number of sulfone groups is 1. The number of benzene rings is 2. The van der Waals surface area contributed by atoms with Gasteiger partial charge in [0.05, 0.1) is 9.89 Å².